The van der Waals surface area contributed by atoms with Gasteiger partial charge in [0.1, 0.15) is 12.4 Å². The summed E-state index contributed by atoms with van der Waals surface area (Å²) in [6.45, 7) is 6.33. The number of nitrogens with zero attached hydrogens (tertiary/aromatic N) is 2. The van der Waals surface area contributed by atoms with E-state index in [-0.39, 0.29) is 12.2 Å². The highest BCUT2D eigenvalue weighted by molar-refractivity contribution is 7.07. The topological polar surface area (TPSA) is 88.4 Å². The molecular formula is C33H31ClN2O6S. The van der Waals surface area contributed by atoms with Gasteiger partial charge in [-0.1, -0.05) is 59.3 Å². The van der Waals surface area contributed by atoms with Crippen molar-refractivity contribution in [3.05, 3.63) is 119 Å². The molecule has 0 N–H and O–H groups in total. The van der Waals surface area contributed by atoms with E-state index in [1.54, 1.807) is 37.7 Å². The Hall–Kier alpha value is -4.34. The molecule has 1 aliphatic rings. The van der Waals surface area contributed by atoms with Gasteiger partial charge in [0.05, 0.1) is 42.2 Å². The summed E-state index contributed by atoms with van der Waals surface area (Å²) < 4.78 is 24.6. The highest BCUT2D eigenvalue weighted by atomic mass is 35.5. The van der Waals surface area contributed by atoms with Gasteiger partial charge in [-0.15, -0.1) is 0 Å². The van der Waals surface area contributed by atoms with Crippen LogP contribution >= 0.6 is 22.9 Å². The number of ether oxygens (including phenoxy) is 4. The Kier molecular flexibility index (Phi) is 9.33. The maximum atomic E-state index is 13.9. The average molecular weight is 619 g/mol. The van der Waals surface area contributed by atoms with Crippen LogP contribution in [0.2, 0.25) is 5.02 Å². The standard InChI is InChI=1S/C33H31ClN2O6S/c1-5-40-27-18-22(13-16-26(27)39-4)30-29(32(38)41-6-2)20(3)35-33-36(30)31(37)28(43-33)17-21-11-14-24(15-12-21)42-19-23-9-7-8-10-25(23)34/h7-18,30H,5-6,19H2,1-4H3/b28-17-. The number of hydrogen-bond acceptors (Lipinski definition) is 8. The van der Waals surface area contributed by atoms with Crippen molar-refractivity contribution in [3.8, 4) is 17.2 Å². The lowest BCUT2D eigenvalue weighted by Gasteiger charge is -2.25. The first-order chi connectivity index (χ1) is 20.8. The van der Waals surface area contributed by atoms with Gasteiger partial charge in [0.25, 0.3) is 5.56 Å². The lowest BCUT2D eigenvalue weighted by molar-refractivity contribution is -0.139. The third kappa shape index (κ3) is 6.38. The normalized spacial score (nSPS) is 14.6. The molecule has 10 heteroatoms. The third-order valence-electron chi connectivity index (χ3n) is 6.85. The fourth-order valence-electron chi connectivity index (χ4n) is 4.83. The molecule has 1 aliphatic heterocycles. The lowest BCUT2D eigenvalue weighted by Crippen LogP contribution is -2.40. The maximum absolute atomic E-state index is 13.9. The number of carbonyl (C=O) groups excluding carboxylic acids is 1. The van der Waals surface area contributed by atoms with E-state index < -0.39 is 12.0 Å². The number of aromatic nitrogens is 1. The quantitative estimate of drug-likeness (QED) is 0.220. The fourth-order valence-corrected chi connectivity index (χ4v) is 6.06. The van der Waals surface area contributed by atoms with Gasteiger partial charge in [-0.3, -0.25) is 9.36 Å². The molecule has 5 rings (SSSR count). The summed E-state index contributed by atoms with van der Waals surface area (Å²) in [7, 11) is 1.56. The van der Waals surface area contributed by atoms with Crippen molar-refractivity contribution < 1.29 is 23.7 Å². The number of fused-ring (bicyclic) bond motifs is 1. The van der Waals surface area contributed by atoms with Gasteiger partial charge in [-0.05, 0) is 68.3 Å². The first kappa shape index (κ1) is 30.1. The van der Waals surface area contributed by atoms with Crippen LogP contribution in [0.25, 0.3) is 6.08 Å². The Labute approximate surface area is 258 Å². The number of rotatable bonds is 10. The Morgan fingerprint density at radius 1 is 1.02 bits per heavy atom. The molecule has 43 heavy (non-hydrogen) atoms. The SMILES string of the molecule is CCOC(=O)C1=C(C)N=c2s/c(=C\c3ccc(OCc4ccccc4Cl)cc3)c(=O)n2C1c1ccc(OC)c(OCC)c1. The molecule has 0 fully saturated rings. The number of hydrogen-bond donors (Lipinski definition) is 0. The molecule has 0 bridgehead atoms. The summed E-state index contributed by atoms with van der Waals surface area (Å²) in [6.07, 6.45) is 1.81. The number of carbonyl (C=O) groups is 1. The van der Waals surface area contributed by atoms with Crippen LogP contribution in [0.3, 0.4) is 0 Å². The van der Waals surface area contributed by atoms with E-state index in [1.807, 2.05) is 67.6 Å². The van der Waals surface area contributed by atoms with Crippen LogP contribution in [-0.4, -0.2) is 30.9 Å². The number of benzene rings is 3. The Balaban J connectivity index is 1.53. The lowest BCUT2D eigenvalue weighted by atomic mass is 9.95. The molecule has 4 aromatic rings. The Morgan fingerprint density at radius 3 is 2.49 bits per heavy atom. The van der Waals surface area contributed by atoms with Crippen molar-refractivity contribution in [3.63, 3.8) is 0 Å². The summed E-state index contributed by atoms with van der Waals surface area (Å²) in [4.78, 5) is 32.3. The molecule has 0 amide bonds. The first-order valence-corrected chi connectivity index (χ1v) is 15.0. The largest absolute Gasteiger partial charge is 0.493 e. The zero-order valence-electron chi connectivity index (χ0n) is 24.3. The summed E-state index contributed by atoms with van der Waals surface area (Å²) in [5.41, 5.74) is 2.91. The molecular weight excluding hydrogens is 588 g/mol. The monoisotopic (exact) mass is 618 g/mol. The number of esters is 1. The zero-order chi connectivity index (χ0) is 30.5. The van der Waals surface area contributed by atoms with Crippen molar-refractivity contribution in [2.75, 3.05) is 20.3 Å². The van der Waals surface area contributed by atoms with Crippen molar-refractivity contribution in [2.24, 2.45) is 4.99 Å². The highest BCUT2D eigenvalue weighted by Gasteiger charge is 2.34. The van der Waals surface area contributed by atoms with Crippen LogP contribution in [0.15, 0.2) is 87.8 Å². The maximum Gasteiger partial charge on any atom is 0.338 e. The second kappa shape index (κ2) is 13.3. The van der Waals surface area contributed by atoms with Gasteiger partial charge < -0.3 is 18.9 Å². The van der Waals surface area contributed by atoms with Gasteiger partial charge in [0.2, 0.25) is 0 Å². The molecule has 0 saturated heterocycles. The minimum Gasteiger partial charge on any atom is -0.493 e. The van der Waals surface area contributed by atoms with E-state index >= 15 is 0 Å². The summed E-state index contributed by atoms with van der Waals surface area (Å²) >= 11 is 7.50. The van der Waals surface area contributed by atoms with Gasteiger partial charge in [-0.25, -0.2) is 9.79 Å². The zero-order valence-corrected chi connectivity index (χ0v) is 25.8. The molecule has 8 nitrogen and oxygen atoms in total. The molecule has 0 saturated carbocycles. The van der Waals surface area contributed by atoms with E-state index in [0.717, 1.165) is 11.1 Å². The van der Waals surface area contributed by atoms with Crippen LogP contribution in [0.5, 0.6) is 17.2 Å². The minimum absolute atomic E-state index is 0.192. The average Bonchev–Trinajstić information content (AvgIpc) is 3.30. The number of methoxy groups -OCH3 is 1. The van der Waals surface area contributed by atoms with E-state index in [1.165, 1.54) is 11.3 Å². The third-order valence-corrected chi connectivity index (χ3v) is 8.20. The Bertz CT molecular complexity index is 1860. The summed E-state index contributed by atoms with van der Waals surface area (Å²) in [5.74, 6) is 1.22. The number of allylic oxidation sites excluding steroid dienone is 1. The fraction of sp³-hybridized carbons (Fsp3) is 0.242. The van der Waals surface area contributed by atoms with Crippen LogP contribution in [-0.2, 0) is 16.1 Å². The van der Waals surface area contributed by atoms with Crippen LogP contribution in [0.4, 0.5) is 0 Å². The minimum atomic E-state index is -0.761. The van der Waals surface area contributed by atoms with Crippen molar-refractivity contribution in [1.29, 1.82) is 0 Å². The van der Waals surface area contributed by atoms with Crippen LogP contribution in [0.1, 0.15) is 43.5 Å². The molecule has 0 spiro atoms. The number of halogens is 1. The number of thiazole rings is 1. The second-order valence-electron chi connectivity index (χ2n) is 9.59. The van der Waals surface area contributed by atoms with E-state index in [0.29, 0.717) is 61.7 Å². The summed E-state index contributed by atoms with van der Waals surface area (Å²) in [5, 5.41) is 0.651. The van der Waals surface area contributed by atoms with E-state index in [4.69, 9.17) is 30.5 Å². The predicted octanol–water partition coefficient (Wildman–Crippen LogP) is 5.44. The molecule has 1 atom stereocenters. The highest BCUT2D eigenvalue weighted by Crippen LogP contribution is 2.36. The van der Waals surface area contributed by atoms with Gasteiger partial charge in [0, 0.05) is 10.6 Å². The van der Waals surface area contributed by atoms with E-state index in [9.17, 15) is 9.59 Å². The molecule has 1 unspecified atom stereocenters. The van der Waals surface area contributed by atoms with Crippen molar-refractivity contribution in [1.82, 2.24) is 4.57 Å². The smallest absolute Gasteiger partial charge is 0.338 e. The van der Waals surface area contributed by atoms with Crippen LogP contribution < -0.4 is 29.1 Å². The molecule has 0 radical (unpaired) electrons. The van der Waals surface area contributed by atoms with E-state index in [2.05, 4.69) is 4.99 Å². The molecule has 1 aromatic heterocycles. The molecule has 0 aliphatic carbocycles. The predicted molar refractivity (Wildman–Crippen MR) is 167 cm³/mol. The van der Waals surface area contributed by atoms with Crippen molar-refractivity contribution >= 4 is 35.0 Å². The van der Waals surface area contributed by atoms with Crippen LogP contribution in [0, 0.1) is 0 Å². The van der Waals surface area contributed by atoms with Gasteiger partial charge in [-0.2, -0.15) is 0 Å². The van der Waals surface area contributed by atoms with Crippen molar-refractivity contribution in [2.45, 2.75) is 33.4 Å². The first-order valence-electron chi connectivity index (χ1n) is 13.8. The molecule has 2 heterocycles. The second-order valence-corrected chi connectivity index (χ2v) is 11.0. The van der Waals surface area contributed by atoms with Gasteiger partial charge >= 0.3 is 5.97 Å². The summed E-state index contributed by atoms with van der Waals surface area (Å²) in [6, 6.07) is 19.6. The molecule has 3 aromatic carbocycles. The Morgan fingerprint density at radius 2 is 1.79 bits per heavy atom. The molecule has 222 valence electrons. The van der Waals surface area contributed by atoms with Gasteiger partial charge in [0.15, 0.2) is 16.3 Å².